The van der Waals surface area contributed by atoms with Crippen LogP contribution in [0.2, 0.25) is 0 Å². The minimum atomic E-state index is 0.207. The van der Waals surface area contributed by atoms with E-state index in [1.165, 1.54) is 37.9 Å². The number of aromatic nitrogens is 3. The second-order valence-electron chi connectivity index (χ2n) is 8.60. The highest BCUT2D eigenvalue weighted by Crippen LogP contribution is 2.32. The molecule has 0 amide bonds. The lowest BCUT2D eigenvalue weighted by molar-refractivity contribution is 0.468. The molecule has 9 heteroatoms. The summed E-state index contributed by atoms with van der Waals surface area (Å²) >= 11 is 1.65. The van der Waals surface area contributed by atoms with Gasteiger partial charge in [-0.2, -0.15) is 0 Å². The van der Waals surface area contributed by atoms with E-state index >= 15 is 0 Å². The van der Waals surface area contributed by atoms with Crippen LogP contribution in [0.5, 0.6) is 11.6 Å². The summed E-state index contributed by atoms with van der Waals surface area (Å²) in [6.45, 7) is 4.56. The molecule has 2 aromatic heterocycles. The second kappa shape index (κ2) is 13.9. The Morgan fingerprint density at radius 1 is 0.973 bits per heavy atom. The van der Waals surface area contributed by atoms with Gasteiger partial charge in [0.05, 0.1) is 11.3 Å². The zero-order valence-corrected chi connectivity index (χ0v) is 23.0. The summed E-state index contributed by atoms with van der Waals surface area (Å²) in [6.07, 6.45) is 7.52. The van der Waals surface area contributed by atoms with E-state index in [-0.39, 0.29) is 5.95 Å². The van der Waals surface area contributed by atoms with Crippen LogP contribution < -0.4 is 25.8 Å². The maximum atomic E-state index is 6.18. The number of nitrogens with one attached hydrogen (secondary N) is 2. The highest BCUT2D eigenvalue weighted by molar-refractivity contribution is 7.99. The number of rotatable bonds is 7. The molecule has 4 aromatic rings. The van der Waals surface area contributed by atoms with Crippen molar-refractivity contribution in [2.45, 2.75) is 31.9 Å². The van der Waals surface area contributed by atoms with Crippen molar-refractivity contribution < 1.29 is 4.74 Å². The summed E-state index contributed by atoms with van der Waals surface area (Å²) in [5, 5.41) is 4.25. The molecule has 3 heterocycles. The van der Waals surface area contributed by atoms with Gasteiger partial charge in [-0.05, 0) is 86.3 Å². The summed E-state index contributed by atoms with van der Waals surface area (Å²) in [5.74, 6) is 2.26. The van der Waals surface area contributed by atoms with Crippen LogP contribution in [0, 0.1) is 6.92 Å². The van der Waals surface area contributed by atoms with Crippen molar-refractivity contribution in [3.05, 3.63) is 84.2 Å². The molecule has 192 valence electrons. The van der Waals surface area contributed by atoms with E-state index in [1.807, 2.05) is 30.3 Å². The predicted octanol–water partition coefficient (Wildman–Crippen LogP) is 5.74. The van der Waals surface area contributed by atoms with Crippen LogP contribution in [0.25, 0.3) is 11.3 Å². The molecule has 0 bridgehead atoms. The van der Waals surface area contributed by atoms with Crippen LogP contribution in [0.3, 0.4) is 0 Å². The lowest BCUT2D eigenvalue weighted by Crippen LogP contribution is -2.21. The molecular weight excluding hydrogens is 499 g/mol. The van der Waals surface area contributed by atoms with Crippen molar-refractivity contribution >= 4 is 38.1 Å². The smallest absolute Gasteiger partial charge is 0.228 e. The number of nitrogens with two attached hydrogens (primary N) is 1. The van der Waals surface area contributed by atoms with Gasteiger partial charge in [-0.25, -0.2) is 15.0 Å². The van der Waals surface area contributed by atoms with Crippen molar-refractivity contribution in [3.8, 4) is 22.9 Å². The summed E-state index contributed by atoms with van der Waals surface area (Å²) in [5.41, 5.74) is 10.6. The predicted molar refractivity (Wildman–Crippen MR) is 158 cm³/mol. The van der Waals surface area contributed by atoms with Crippen molar-refractivity contribution in [2.24, 2.45) is 0 Å². The number of anilines is 2. The van der Waals surface area contributed by atoms with Crippen molar-refractivity contribution in [1.29, 1.82) is 0 Å². The van der Waals surface area contributed by atoms with E-state index in [9.17, 15) is 0 Å². The summed E-state index contributed by atoms with van der Waals surface area (Å²) in [6, 6.07) is 19.8. The number of ether oxygens (including phenoxy) is 1. The molecule has 4 N–H and O–H groups in total. The topological polar surface area (TPSA) is 98.0 Å². The van der Waals surface area contributed by atoms with E-state index in [0.29, 0.717) is 17.3 Å². The number of pyridine rings is 1. The first-order valence-electron chi connectivity index (χ1n) is 12.3. The fraction of sp³-hybridized carbons (Fsp3) is 0.250. The quantitative estimate of drug-likeness (QED) is 0.205. The summed E-state index contributed by atoms with van der Waals surface area (Å²) in [4.78, 5) is 12.6. The Morgan fingerprint density at radius 3 is 2.49 bits per heavy atom. The minimum absolute atomic E-state index is 0.207. The third kappa shape index (κ3) is 7.89. The Hall–Kier alpha value is -3.19. The lowest BCUT2D eigenvalue weighted by atomic mass is 10.2. The van der Waals surface area contributed by atoms with E-state index in [0.717, 1.165) is 27.9 Å². The molecule has 37 heavy (non-hydrogen) atoms. The number of hydrogen-bond donors (Lipinski definition) is 3. The van der Waals surface area contributed by atoms with Crippen LogP contribution in [-0.2, 0) is 5.75 Å². The molecule has 7 nitrogen and oxygen atoms in total. The maximum Gasteiger partial charge on any atom is 0.228 e. The monoisotopic (exact) mass is 532 g/mol. The van der Waals surface area contributed by atoms with Gasteiger partial charge in [0.25, 0.3) is 0 Å². The van der Waals surface area contributed by atoms with E-state index < -0.39 is 0 Å². The Balaban J connectivity index is 0.000000469. The molecule has 0 spiro atoms. The second-order valence-corrected chi connectivity index (χ2v) is 9.95. The third-order valence-electron chi connectivity index (χ3n) is 5.87. The van der Waals surface area contributed by atoms with E-state index in [1.54, 1.807) is 30.4 Å². The van der Waals surface area contributed by atoms with Crippen molar-refractivity contribution in [2.75, 3.05) is 23.5 Å². The van der Waals surface area contributed by atoms with Crippen LogP contribution in [0.15, 0.2) is 73.1 Å². The van der Waals surface area contributed by atoms with Gasteiger partial charge in [-0.1, -0.05) is 36.8 Å². The Kier molecular flexibility index (Phi) is 10.1. The van der Waals surface area contributed by atoms with E-state index in [4.69, 9.17) is 10.5 Å². The van der Waals surface area contributed by atoms with Crippen molar-refractivity contribution in [3.63, 3.8) is 0 Å². The van der Waals surface area contributed by atoms with Gasteiger partial charge in [-0.3, -0.25) is 0 Å². The van der Waals surface area contributed by atoms with Gasteiger partial charge in [0.15, 0.2) is 0 Å². The SMILES string of the molecule is C1CCNCC1.Cc1c(NSCc2ccccc2)ccc(Oc2ncccc2-c2ccnc(N)n2)c1P. The molecule has 1 atom stereocenters. The first kappa shape index (κ1) is 26.9. The van der Waals surface area contributed by atoms with Gasteiger partial charge in [0.2, 0.25) is 11.8 Å². The summed E-state index contributed by atoms with van der Waals surface area (Å²) < 4.78 is 9.61. The number of benzene rings is 2. The summed E-state index contributed by atoms with van der Waals surface area (Å²) in [7, 11) is 2.77. The molecule has 1 unspecified atom stereocenters. The standard InChI is InChI=1S/C23H22N5OPS.C5H11N/c1-15-18(28-31-14-16-6-3-2-4-7-16)9-10-20(21(15)30)29-22-17(8-5-12-25-22)19-11-13-26-23(24)27-19;1-2-4-6-5-3-1/h2-13,28H,14,30H2,1H3,(H2,24,26,27);6H,1-5H2. The molecule has 1 fully saturated rings. The Labute approximate surface area is 225 Å². The van der Waals surface area contributed by atoms with Gasteiger partial charge in [-0.15, -0.1) is 9.24 Å². The maximum absolute atomic E-state index is 6.18. The van der Waals surface area contributed by atoms with Crippen LogP contribution in [0.4, 0.5) is 11.6 Å². The van der Waals surface area contributed by atoms with Gasteiger partial charge in [0, 0.05) is 29.1 Å². The molecule has 0 saturated carbocycles. The third-order valence-corrected chi connectivity index (χ3v) is 7.43. The number of hydrogen-bond acceptors (Lipinski definition) is 8. The van der Waals surface area contributed by atoms with Crippen molar-refractivity contribution in [1.82, 2.24) is 20.3 Å². The van der Waals surface area contributed by atoms with Gasteiger partial charge < -0.3 is 20.5 Å². The molecular formula is C28H33N6OPS. The first-order valence-corrected chi connectivity index (χ1v) is 13.9. The molecule has 5 rings (SSSR count). The molecule has 1 aliphatic rings. The van der Waals surface area contributed by atoms with Crippen LogP contribution in [-0.4, -0.2) is 28.0 Å². The minimum Gasteiger partial charge on any atom is -0.438 e. The van der Waals surface area contributed by atoms with Crippen LogP contribution in [0.1, 0.15) is 30.4 Å². The Bertz CT molecular complexity index is 1280. The van der Waals surface area contributed by atoms with Crippen LogP contribution >= 0.6 is 21.2 Å². The van der Waals surface area contributed by atoms with Gasteiger partial charge >= 0.3 is 0 Å². The molecule has 1 aliphatic heterocycles. The van der Waals surface area contributed by atoms with Gasteiger partial charge in [0.1, 0.15) is 5.75 Å². The zero-order chi connectivity index (χ0) is 25.9. The van der Waals surface area contributed by atoms with E-state index in [2.05, 4.69) is 65.4 Å². The first-order chi connectivity index (χ1) is 18.1. The molecule has 2 aromatic carbocycles. The average Bonchev–Trinajstić information content (AvgIpc) is 2.95. The zero-order valence-electron chi connectivity index (χ0n) is 21.0. The fourth-order valence-corrected chi connectivity index (χ4v) is 4.89. The number of nitrogens with zero attached hydrogens (tertiary/aromatic N) is 3. The average molecular weight is 533 g/mol. The normalized spacial score (nSPS) is 12.8. The number of piperidine rings is 1. The lowest BCUT2D eigenvalue weighted by Gasteiger charge is -2.16. The highest BCUT2D eigenvalue weighted by atomic mass is 32.2. The Morgan fingerprint density at radius 2 is 1.78 bits per heavy atom. The fourth-order valence-electron chi connectivity index (χ4n) is 3.77. The number of nitrogen functional groups attached to an aromatic ring is 1. The molecule has 1 saturated heterocycles. The highest BCUT2D eigenvalue weighted by Gasteiger charge is 2.14. The molecule has 0 aliphatic carbocycles. The largest absolute Gasteiger partial charge is 0.438 e. The molecule has 0 radical (unpaired) electrons.